The van der Waals surface area contributed by atoms with Crippen LogP contribution in [0, 0.1) is 21.4 Å². The summed E-state index contributed by atoms with van der Waals surface area (Å²) in [6.07, 6.45) is 0. The molecule has 146 valence electrons. The fourth-order valence-electron chi connectivity index (χ4n) is 3.10. The minimum atomic E-state index is -0.885. The smallest absolute Gasteiger partial charge is 0.338 e. The van der Waals surface area contributed by atoms with Crippen molar-refractivity contribution in [2.45, 2.75) is 12.8 Å². The minimum Gasteiger partial charge on any atom is -0.463 e. The molecule has 0 saturated heterocycles. The second-order valence-electron chi connectivity index (χ2n) is 6.10. The molecule has 0 aliphatic carbocycles. The highest BCUT2D eigenvalue weighted by Crippen LogP contribution is 2.43. The SMILES string of the molecule is CCOC(=O)C1=C(c2ccccc2)OC(N)=C(C#N)C1c1ccc([N+](=O)[O-])cc1. The Hall–Kier alpha value is -4.12. The van der Waals surface area contributed by atoms with Crippen LogP contribution in [-0.4, -0.2) is 17.5 Å². The number of nitriles is 1. The van der Waals surface area contributed by atoms with Gasteiger partial charge in [0, 0.05) is 17.7 Å². The molecule has 2 N–H and O–H groups in total. The first kappa shape index (κ1) is 19.6. The van der Waals surface area contributed by atoms with Crippen LogP contribution in [0.15, 0.2) is 71.6 Å². The molecule has 1 atom stereocenters. The summed E-state index contributed by atoms with van der Waals surface area (Å²) < 4.78 is 10.9. The van der Waals surface area contributed by atoms with Crippen molar-refractivity contribution in [1.29, 1.82) is 5.26 Å². The first-order valence-electron chi connectivity index (χ1n) is 8.76. The van der Waals surface area contributed by atoms with Crippen molar-refractivity contribution in [2.75, 3.05) is 6.61 Å². The van der Waals surface area contributed by atoms with Crippen molar-refractivity contribution in [3.05, 3.63) is 92.9 Å². The van der Waals surface area contributed by atoms with Gasteiger partial charge in [-0.2, -0.15) is 5.26 Å². The number of benzene rings is 2. The largest absolute Gasteiger partial charge is 0.463 e. The average Bonchev–Trinajstić information content (AvgIpc) is 2.73. The summed E-state index contributed by atoms with van der Waals surface area (Å²) >= 11 is 0. The van der Waals surface area contributed by atoms with Gasteiger partial charge in [0.25, 0.3) is 5.69 Å². The van der Waals surface area contributed by atoms with E-state index in [1.54, 1.807) is 31.2 Å². The Balaban J connectivity index is 2.24. The van der Waals surface area contributed by atoms with Crippen LogP contribution in [0.2, 0.25) is 0 Å². The second kappa shape index (κ2) is 8.27. The van der Waals surface area contributed by atoms with E-state index in [1.165, 1.54) is 24.3 Å². The monoisotopic (exact) mass is 391 g/mol. The van der Waals surface area contributed by atoms with Crippen LogP contribution >= 0.6 is 0 Å². The van der Waals surface area contributed by atoms with E-state index in [0.29, 0.717) is 11.1 Å². The van der Waals surface area contributed by atoms with Crippen LogP contribution in [0.1, 0.15) is 24.0 Å². The number of nitrogens with zero attached hydrogens (tertiary/aromatic N) is 2. The highest BCUT2D eigenvalue weighted by Gasteiger charge is 2.38. The number of nitro groups is 1. The van der Waals surface area contributed by atoms with Crippen LogP contribution in [-0.2, 0) is 14.3 Å². The van der Waals surface area contributed by atoms with Gasteiger partial charge in [-0.1, -0.05) is 42.5 Å². The number of nitro benzene ring substituents is 1. The van der Waals surface area contributed by atoms with Gasteiger partial charge in [-0.25, -0.2) is 4.79 Å². The molecular formula is C21H17N3O5. The first-order chi connectivity index (χ1) is 14.0. The molecule has 2 aromatic carbocycles. The maximum Gasteiger partial charge on any atom is 0.338 e. The maximum atomic E-state index is 12.9. The highest BCUT2D eigenvalue weighted by molar-refractivity contribution is 5.99. The normalized spacial score (nSPS) is 16.1. The van der Waals surface area contributed by atoms with Crippen LogP contribution < -0.4 is 5.73 Å². The minimum absolute atomic E-state index is 0.0292. The molecule has 1 aliphatic heterocycles. The molecule has 3 rings (SSSR count). The lowest BCUT2D eigenvalue weighted by Crippen LogP contribution is -2.25. The number of hydrogen-bond acceptors (Lipinski definition) is 7. The summed E-state index contributed by atoms with van der Waals surface area (Å²) in [5, 5.41) is 20.6. The summed E-state index contributed by atoms with van der Waals surface area (Å²) in [5.41, 5.74) is 7.09. The molecule has 0 fully saturated rings. The summed E-state index contributed by atoms with van der Waals surface area (Å²) in [5.74, 6) is -1.49. The molecular weight excluding hydrogens is 374 g/mol. The van der Waals surface area contributed by atoms with E-state index >= 15 is 0 Å². The fourth-order valence-corrected chi connectivity index (χ4v) is 3.10. The molecule has 0 radical (unpaired) electrons. The van der Waals surface area contributed by atoms with E-state index in [4.69, 9.17) is 15.2 Å². The van der Waals surface area contributed by atoms with Crippen molar-refractivity contribution >= 4 is 17.4 Å². The first-order valence-corrected chi connectivity index (χ1v) is 8.76. The predicted octanol–water partition coefficient (Wildman–Crippen LogP) is 3.38. The van der Waals surface area contributed by atoms with Gasteiger partial charge in [0.1, 0.15) is 17.4 Å². The topological polar surface area (TPSA) is 128 Å². The number of carbonyl (C=O) groups excluding carboxylic acids is 1. The van der Waals surface area contributed by atoms with Gasteiger partial charge in [0.05, 0.1) is 23.0 Å². The number of non-ortho nitro benzene ring substituents is 1. The Kier molecular flexibility index (Phi) is 5.60. The van der Waals surface area contributed by atoms with Gasteiger partial charge in [0.2, 0.25) is 5.88 Å². The lowest BCUT2D eigenvalue weighted by atomic mass is 9.82. The number of rotatable bonds is 5. The van der Waals surface area contributed by atoms with Gasteiger partial charge in [-0.15, -0.1) is 0 Å². The quantitative estimate of drug-likeness (QED) is 0.470. The number of ether oxygens (including phenoxy) is 2. The maximum absolute atomic E-state index is 12.9. The van der Waals surface area contributed by atoms with E-state index in [1.807, 2.05) is 12.1 Å². The number of nitrogens with two attached hydrogens (primary N) is 1. The summed E-state index contributed by atoms with van der Waals surface area (Å²) in [7, 11) is 0. The van der Waals surface area contributed by atoms with Gasteiger partial charge in [0.15, 0.2) is 0 Å². The van der Waals surface area contributed by atoms with Crippen molar-refractivity contribution in [3.8, 4) is 6.07 Å². The van der Waals surface area contributed by atoms with Crippen molar-refractivity contribution < 1.29 is 19.2 Å². The predicted molar refractivity (Wildman–Crippen MR) is 104 cm³/mol. The zero-order valence-electron chi connectivity index (χ0n) is 15.5. The molecule has 1 heterocycles. The molecule has 1 unspecified atom stereocenters. The number of carbonyl (C=O) groups is 1. The third kappa shape index (κ3) is 3.80. The molecule has 1 aliphatic rings. The Morgan fingerprint density at radius 2 is 1.90 bits per heavy atom. The van der Waals surface area contributed by atoms with Crippen molar-refractivity contribution in [2.24, 2.45) is 5.73 Å². The summed E-state index contributed by atoms with van der Waals surface area (Å²) in [4.78, 5) is 23.3. The molecule has 0 aromatic heterocycles. The Morgan fingerprint density at radius 3 is 2.45 bits per heavy atom. The van der Waals surface area contributed by atoms with E-state index < -0.39 is 16.8 Å². The highest BCUT2D eigenvalue weighted by atomic mass is 16.6. The molecule has 0 saturated carbocycles. The van der Waals surface area contributed by atoms with E-state index in [-0.39, 0.29) is 35.1 Å². The molecule has 0 bridgehead atoms. The van der Waals surface area contributed by atoms with Gasteiger partial charge >= 0.3 is 5.97 Å². The molecule has 0 spiro atoms. The van der Waals surface area contributed by atoms with E-state index in [9.17, 15) is 20.2 Å². The van der Waals surface area contributed by atoms with Crippen LogP contribution in [0.5, 0.6) is 0 Å². The average molecular weight is 391 g/mol. The Bertz CT molecular complexity index is 1050. The third-order valence-electron chi connectivity index (χ3n) is 4.39. The summed E-state index contributed by atoms with van der Waals surface area (Å²) in [6.45, 7) is 1.79. The van der Waals surface area contributed by atoms with Crippen molar-refractivity contribution in [1.82, 2.24) is 0 Å². The van der Waals surface area contributed by atoms with Crippen LogP contribution in [0.25, 0.3) is 5.76 Å². The number of allylic oxidation sites excluding steroid dienone is 1. The zero-order valence-corrected chi connectivity index (χ0v) is 15.5. The van der Waals surface area contributed by atoms with Crippen LogP contribution in [0.4, 0.5) is 5.69 Å². The number of esters is 1. The van der Waals surface area contributed by atoms with E-state index in [0.717, 1.165) is 0 Å². The van der Waals surface area contributed by atoms with E-state index in [2.05, 4.69) is 0 Å². The second-order valence-corrected chi connectivity index (χ2v) is 6.10. The van der Waals surface area contributed by atoms with Gasteiger partial charge < -0.3 is 15.2 Å². The number of hydrogen-bond donors (Lipinski definition) is 1. The third-order valence-corrected chi connectivity index (χ3v) is 4.39. The van der Waals surface area contributed by atoms with Gasteiger partial charge in [-0.05, 0) is 12.5 Å². The lowest BCUT2D eigenvalue weighted by molar-refractivity contribution is -0.384. The Labute approximate surface area is 166 Å². The zero-order chi connectivity index (χ0) is 21.0. The molecule has 29 heavy (non-hydrogen) atoms. The van der Waals surface area contributed by atoms with Crippen LogP contribution in [0.3, 0.4) is 0 Å². The standard InChI is InChI=1S/C21H17N3O5/c1-2-28-21(25)18-17(13-8-10-15(11-9-13)24(26)27)16(12-22)20(23)29-19(18)14-6-4-3-5-7-14/h3-11,17H,2,23H2,1H3. The molecule has 8 nitrogen and oxygen atoms in total. The Morgan fingerprint density at radius 1 is 1.24 bits per heavy atom. The fraction of sp³-hybridized carbons (Fsp3) is 0.143. The van der Waals surface area contributed by atoms with Gasteiger partial charge in [-0.3, -0.25) is 10.1 Å². The summed E-state index contributed by atoms with van der Waals surface area (Å²) in [6, 6.07) is 16.4. The molecule has 2 aromatic rings. The van der Waals surface area contributed by atoms with Crippen molar-refractivity contribution in [3.63, 3.8) is 0 Å². The molecule has 8 heteroatoms. The molecule has 0 amide bonds. The lowest BCUT2D eigenvalue weighted by Gasteiger charge is -2.28.